The van der Waals surface area contributed by atoms with Gasteiger partial charge in [-0.25, -0.2) is 4.98 Å². The van der Waals surface area contributed by atoms with Crippen LogP contribution in [0.2, 0.25) is 0 Å². The normalized spacial score (nSPS) is 12.6. The Bertz CT molecular complexity index is 525. The molecule has 2 aromatic rings. The molecule has 0 radical (unpaired) electrons. The lowest BCUT2D eigenvalue weighted by Crippen LogP contribution is -2.09. The van der Waals surface area contributed by atoms with E-state index in [0.717, 1.165) is 30.1 Å². The molecule has 0 saturated carbocycles. The average molecular weight is 290 g/mol. The van der Waals surface area contributed by atoms with E-state index in [1.54, 1.807) is 18.4 Å². The lowest BCUT2D eigenvalue weighted by atomic mass is 10.1. The Kier molecular flexibility index (Phi) is 5.71. The smallest absolute Gasteiger partial charge is 0.0961 e. The molecule has 0 amide bonds. The fourth-order valence-corrected chi connectivity index (χ4v) is 3.25. The maximum absolute atomic E-state index is 5.34. The Morgan fingerprint density at radius 2 is 2.05 bits per heavy atom. The van der Waals surface area contributed by atoms with Crippen molar-refractivity contribution < 1.29 is 4.74 Å². The Labute approximate surface area is 125 Å². The van der Waals surface area contributed by atoms with Crippen molar-refractivity contribution in [1.82, 2.24) is 10.3 Å². The van der Waals surface area contributed by atoms with Crippen LogP contribution in [0.1, 0.15) is 16.8 Å². The number of hydrogen-bond acceptors (Lipinski definition) is 4. The Hall–Kier alpha value is -1.23. The number of benzene rings is 1. The summed E-state index contributed by atoms with van der Waals surface area (Å²) < 4.78 is 5.34. The SMILES string of the molecule is CNCCc1sc(CC(C)OC)nc1-c1ccccc1. The molecule has 1 heterocycles. The summed E-state index contributed by atoms with van der Waals surface area (Å²) in [6.45, 7) is 3.05. The monoisotopic (exact) mass is 290 g/mol. The number of aromatic nitrogens is 1. The highest BCUT2D eigenvalue weighted by Gasteiger charge is 2.14. The maximum atomic E-state index is 5.34. The summed E-state index contributed by atoms with van der Waals surface area (Å²) in [5, 5.41) is 4.37. The molecule has 20 heavy (non-hydrogen) atoms. The molecule has 1 atom stereocenters. The Morgan fingerprint density at radius 1 is 1.30 bits per heavy atom. The van der Waals surface area contributed by atoms with Crippen molar-refractivity contribution in [2.45, 2.75) is 25.9 Å². The van der Waals surface area contributed by atoms with E-state index in [4.69, 9.17) is 9.72 Å². The lowest BCUT2D eigenvalue weighted by molar-refractivity contribution is 0.119. The number of rotatable bonds is 7. The van der Waals surface area contributed by atoms with Gasteiger partial charge in [-0.3, -0.25) is 0 Å². The summed E-state index contributed by atoms with van der Waals surface area (Å²) in [5.41, 5.74) is 2.33. The van der Waals surface area contributed by atoms with Gasteiger partial charge in [0, 0.05) is 24.0 Å². The van der Waals surface area contributed by atoms with Crippen LogP contribution in [-0.4, -0.2) is 31.8 Å². The zero-order valence-electron chi connectivity index (χ0n) is 12.3. The van der Waals surface area contributed by atoms with E-state index in [1.807, 2.05) is 13.1 Å². The first-order chi connectivity index (χ1) is 9.74. The predicted octanol–water partition coefficient (Wildman–Crippen LogP) is 3.15. The van der Waals surface area contributed by atoms with Crippen LogP contribution in [0, 0.1) is 0 Å². The van der Waals surface area contributed by atoms with Gasteiger partial charge in [0.1, 0.15) is 0 Å². The van der Waals surface area contributed by atoms with E-state index >= 15 is 0 Å². The number of ether oxygens (including phenoxy) is 1. The first-order valence-electron chi connectivity index (χ1n) is 6.96. The molecule has 1 aromatic heterocycles. The minimum atomic E-state index is 0.210. The van der Waals surface area contributed by atoms with Gasteiger partial charge in [0.05, 0.1) is 16.8 Å². The molecule has 0 bridgehead atoms. The van der Waals surface area contributed by atoms with Crippen molar-refractivity contribution in [2.75, 3.05) is 20.7 Å². The molecule has 1 unspecified atom stereocenters. The second kappa shape index (κ2) is 7.53. The molecule has 4 heteroatoms. The summed E-state index contributed by atoms with van der Waals surface area (Å²) in [5.74, 6) is 0. The second-order valence-electron chi connectivity index (χ2n) is 4.85. The zero-order chi connectivity index (χ0) is 14.4. The topological polar surface area (TPSA) is 34.1 Å². The van der Waals surface area contributed by atoms with E-state index in [2.05, 4.69) is 36.5 Å². The number of methoxy groups -OCH3 is 1. The van der Waals surface area contributed by atoms with Crippen molar-refractivity contribution in [3.05, 3.63) is 40.2 Å². The van der Waals surface area contributed by atoms with Gasteiger partial charge in [-0.1, -0.05) is 30.3 Å². The first-order valence-corrected chi connectivity index (χ1v) is 7.77. The molecule has 1 aromatic carbocycles. The van der Waals surface area contributed by atoms with Crippen molar-refractivity contribution in [3.8, 4) is 11.3 Å². The summed E-state index contributed by atoms with van der Waals surface area (Å²) >= 11 is 1.81. The third-order valence-electron chi connectivity index (χ3n) is 3.26. The average Bonchev–Trinajstić information content (AvgIpc) is 2.88. The van der Waals surface area contributed by atoms with Crippen LogP contribution in [0.5, 0.6) is 0 Å². The second-order valence-corrected chi connectivity index (χ2v) is 6.02. The highest BCUT2D eigenvalue weighted by atomic mass is 32.1. The number of nitrogens with zero attached hydrogens (tertiary/aromatic N) is 1. The quantitative estimate of drug-likeness (QED) is 0.850. The van der Waals surface area contributed by atoms with Crippen LogP contribution < -0.4 is 5.32 Å². The molecule has 3 nitrogen and oxygen atoms in total. The highest BCUT2D eigenvalue weighted by molar-refractivity contribution is 7.12. The summed E-state index contributed by atoms with van der Waals surface area (Å²) in [4.78, 5) is 6.18. The van der Waals surface area contributed by atoms with Crippen LogP contribution in [-0.2, 0) is 17.6 Å². The van der Waals surface area contributed by atoms with Gasteiger partial charge in [0.2, 0.25) is 0 Å². The van der Waals surface area contributed by atoms with E-state index in [-0.39, 0.29) is 6.10 Å². The van der Waals surface area contributed by atoms with Gasteiger partial charge in [-0.05, 0) is 26.9 Å². The lowest BCUT2D eigenvalue weighted by Gasteiger charge is -2.05. The Morgan fingerprint density at radius 3 is 2.70 bits per heavy atom. The van der Waals surface area contributed by atoms with Crippen molar-refractivity contribution in [3.63, 3.8) is 0 Å². The Balaban J connectivity index is 2.28. The molecule has 1 N–H and O–H groups in total. The minimum Gasteiger partial charge on any atom is -0.381 e. The van der Waals surface area contributed by atoms with Gasteiger partial charge in [0.15, 0.2) is 0 Å². The zero-order valence-corrected chi connectivity index (χ0v) is 13.2. The standard InChI is InChI=1S/C16H22N2OS/c1-12(19-3)11-15-18-16(13-7-5-4-6-8-13)14(20-15)9-10-17-2/h4-8,12,17H,9-11H2,1-3H3. The highest BCUT2D eigenvalue weighted by Crippen LogP contribution is 2.29. The van der Waals surface area contributed by atoms with Gasteiger partial charge >= 0.3 is 0 Å². The van der Waals surface area contributed by atoms with Crippen LogP contribution in [0.25, 0.3) is 11.3 Å². The van der Waals surface area contributed by atoms with Gasteiger partial charge in [-0.2, -0.15) is 0 Å². The first kappa shape index (κ1) is 15.2. The minimum absolute atomic E-state index is 0.210. The third-order valence-corrected chi connectivity index (χ3v) is 4.39. The predicted molar refractivity (Wildman–Crippen MR) is 85.4 cm³/mol. The van der Waals surface area contributed by atoms with E-state index in [9.17, 15) is 0 Å². The molecular formula is C16H22N2OS. The van der Waals surface area contributed by atoms with Crippen molar-refractivity contribution in [1.29, 1.82) is 0 Å². The van der Waals surface area contributed by atoms with Crippen LogP contribution in [0.3, 0.4) is 0 Å². The van der Waals surface area contributed by atoms with Gasteiger partial charge < -0.3 is 10.1 Å². The van der Waals surface area contributed by atoms with E-state index in [1.165, 1.54) is 10.4 Å². The number of nitrogens with one attached hydrogen (secondary N) is 1. The summed E-state index contributed by atoms with van der Waals surface area (Å²) in [6, 6.07) is 10.4. The molecule has 0 spiro atoms. The number of likely N-dealkylation sites (N-methyl/N-ethyl adjacent to an activating group) is 1. The largest absolute Gasteiger partial charge is 0.381 e. The third kappa shape index (κ3) is 3.88. The van der Waals surface area contributed by atoms with Gasteiger partial charge in [0.25, 0.3) is 0 Å². The molecule has 108 valence electrons. The van der Waals surface area contributed by atoms with E-state index < -0.39 is 0 Å². The summed E-state index contributed by atoms with van der Waals surface area (Å²) in [6.07, 6.45) is 2.10. The molecular weight excluding hydrogens is 268 g/mol. The number of hydrogen-bond donors (Lipinski definition) is 1. The number of thiazole rings is 1. The molecule has 0 saturated heterocycles. The van der Waals surface area contributed by atoms with Crippen LogP contribution >= 0.6 is 11.3 Å². The molecule has 0 fully saturated rings. The molecule has 0 aliphatic rings. The van der Waals surface area contributed by atoms with Gasteiger partial charge in [-0.15, -0.1) is 11.3 Å². The van der Waals surface area contributed by atoms with Crippen LogP contribution in [0.4, 0.5) is 0 Å². The molecule has 0 aliphatic carbocycles. The molecule has 2 rings (SSSR count). The van der Waals surface area contributed by atoms with E-state index in [0.29, 0.717) is 0 Å². The van der Waals surface area contributed by atoms with Crippen LogP contribution in [0.15, 0.2) is 30.3 Å². The fourth-order valence-electron chi connectivity index (χ4n) is 2.05. The molecule has 0 aliphatic heterocycles. The maximum Gasteiger partial charge on any atom is 0.0961 e. The van der Waals surface area contributed by atoms with Crippen molar-refractivity contribution >= 4 is 11.3 Å². The summed E-state index contributed by atoms with van der Waals surface area (Å²) in [7, 11) is 3.73. The van der Waals surface area contributed by atoms with Crippen molar-refractivity contribution in [2.24, 2.45) is 0 Å². The fraction of sp³-hybridized carbons (Fsp3) is 0.438.